The van der Waals surface area contributed by atoms with Gasteiger partial charge in [0.1, 0.15) is 5.56 Å². The van der Waals surface area contributed by atoms with Gasteiger partial charge in [-0.15, -0.1) is 0 Å². The fraction of sp³-hybridized carbons (Fsp3) is 0.303. The number of carbonyl (C=O) groups is 2. The number of hydrogen-bond donors (Lipinski definition) is 2. The standard InChI is InChI=1S/C33H32ClN5O5/c1-18-21(6-5-9-25(18)36-30(40)24-12-14-35-38(2)32(24)41)22-7-4-8-23(29(22)34)26-16-19-10-11-27(28(19)31(37-26)44-3)39-15-13-20(17-39)33(42)43/h4-9,12,14,16,20,27H,10-11,13,15,17H2,1-3H3,(H,36,40)(H,42,43)/t20-,27-/m0/s1. The first-order valence-electron chi connectivity index (χ1n) is 14.4. The molecule has 1 aliphatic carbocycles. The van der Waals surface area contributed by atoms with Gasteiger partial charge < -0.3 is 15.2 Å². The Labute approximate surface area is 259 Å². The maximum Gasteiger partial charge on any atom is 0.307 e. The fourth-order valence-electron chi connectivity index (χ4n) is 6.38. The summed E-state index contributed by atoms with van der Waals surface area (Å²) in [6.45, 7) is 3.15. The van der Waals surface area contributed by atoms with E-state index in [2.05, 4.69) is 21.4 Å². The normalized spacial score (nSPS) is 17.8. The van der Waals surface area contributed by atoms with E-state index in [1.165, 1.54) is 19.3 Å². The lowest BCUT2D eigenvalue weighted by Gasteiger charge is -2.25. The number of carboxylic acid groups (broad SMARTS) is 1. The maximum absolute atomic E-state index is 13.0. The Balaban J connectivity index is 1.32. The number of carboxylic acids is 1. The van der Waals surface area contributed by atoms with Gasteiger partial charge in [-0.1, -0.05) is 41.9 Å². The zero-order valence-corrected chi connectivity index (χ0v) is 25.4. The van der Waals surface area contributed by atoms with E-state index in [9.17, 15) is 19.5 Å². The van der Waals surface area contributed by atoms with Crippen molar-refractivity contribution in [2.75, 3.05) is 25.5 Å². The van der Waals surface area contributed by atoms with Crippen LogP contribution in [0.3, 0.4) is 0 Å². The van der Waals surface area contributed by atoms with Crippen molar-refractivity contribution in [3.63, 3.8) is 0 Å². The number of pyridine rings is 1. The zero-order valence-electron chi connectivity index (χ0n) is 24.6. The number of aryl methyl sites for hydroxylation is 2. The molecule has 11 heteroatoms. The first-order valence-corrected chi connectivity index (χ1v) is 14.8. The summed E-state index contributed by atoms with van der Waals surface area (Å²) in [6.07, 6.45) is 3.76. The van der Waals surface area contributed by atoms with Crippen LogP contribution in [0.25, 0.3) is 22.4 Å². The monoisotopic (exact) mass is 613 g/mol. The van der Waals surface area contributed by atoms with Crippen LogP contribution in [0, 0.1) is 12.8 Å². The number of halogens is 1. The molecule has 10 nitrogen and oxygen atoms in total. The van der Waals surface area contributed by atoms with E-state index < -0.39 is 17.4 Å². The van der Waals surface area contributed by atoms with Crippen LogP contribution in [-0.4, -0.2) is 56.8 Å². The molecular formula is C33H32ClN5O5. The second-order valence-corrected chi connectivity index (χ2v) is 11.6. The summed E-state index contributed by atoms with van der Waals surface area (Å²) in [5.74, 6) is -1.09. The minimum absolute atomic E-state index is 0.00219. The highest BCUT2D eigenvalue weighted by molar-refractivity contribution is 6.36. The molecular weight excluding hydrogens is 582 g/mol. The van der Waals surface area contributed by atoms with Crippen LogP contribution >= 0.6 is 11.6 Å². The van der Waals surface area contributed by atoms with E-state index in [1.54, 1.807) is 13.2 Å². The molecule has 1 aliphatic heterocycles. The maximum atomic E-state index is 13.0. The summed E-state index contributed by atoms with van der Waals surface area (Å²) in [4.78, 5) is 44.1. The Morgan fingerprint density at radius 2 is 1.84 bits per heavy atom. The zero-order chi connectivity index (χ0) is 31.1. The lowest BCUT2D eigenvalue weighted by molar-refractivity contribution is -0.141. The molecule has 0 radical (unpaired) electrons. The van der Waals surface area contributed by atoms with E-state index in [-0.39, 0.29) is 17.5 Å². The molecule has 6 rings (SSSR count). The number of benzene rings is 2. The minimum Gasteiger partial charge on any atom is -0.481 e. The number of likely N-dealkylation sites (tertiary alicyclic amines) is 1. The quantitative estimate of drug-likeness (QED) is 0.294. The average Bonchev–Trinajstić information content (AvgIpc) is 3.67. The van der Waals surface area contributed by atoms with Crippen molar-refractivity contribution in [1.29, 1.82) is 0 Å². The molecule has 2 N–H and O–H groups in total. The number of anilines is 1. The number of hydrogen-bond acceptors (Lipinski definition) is 7. The highest BCUT2D eigenvalue weighted by atomic mass is 35.5. The number of aliphatic carboxylic acids is 1. The van der Waals surface area contributed by atoms with E-state index in [0.717, 1.165) is 57.4 Å². The molecule has 2 atom stereocenters. The van der Waals surface area contributed by atoms with Crippen molar-refractivity contribution in [3.8, 4) is 28.3 Å². The van der Waals surface area contributed by atoms with Crippen LogP contribution in [0.2, 0.25) is 5.02 Å². The molecule has 2 aromatic carbocycles. The van der Waals surface area contributed by atoms with Gasteiger partial charge >= 0.3 is 5.97 Å². The number of nitrogens with one attached hydrogen (secondary N) is 1. The molecule has 4 aromatic rings. The Kier molecular flexibility index (Phi) is 7.96. The molecule has 2 aromatic heterocycles. The van der Waals surface area contributed by atoms with Crippen molar-refractivity contribution in [3.05, 3.63) is 92.4 Å². The summed E-state index contributed by atoms with van der Waals surface area (Å²) < 4.78 is 6.91. The molecule has 0 unspecified atom stereocenters. The van der Waals surface area contributed by atoms with E-state index in [0.29, 0.717) is 35.2 Å². The van der Waals surface area contributed by atoms with Crippen LogP contribution in [-0.2, 0) is 18.3 Å². The van der Waals surface area contributed by atoms with Crippen molar-refractivity contribution in [2.24, 2.45) is 13.0 Å². The number of methoxy groups -OCH3 is 1. The highest BCUT2D eigenvalue weighted by Gasteiger charge is 2.38. The van der Waals surface area contributed by atoms with Crippen LogP contribution in [0.15, 0.2) is 59.5 Å². The number of fused-ring (bicyclic) bond motifs is 1. The van der Waals surface area contributed by atoms with Gasteiger partial charge in [0.2, 0.25) is 5.88 Å². The number of aromatic nitrogens is 3. The van der Waals surface area contributed by atoms with Gasteiger partial charge in [-0.25, -0.2) is 9.67 Å². The van der Waals surface area contributed by atoms with Gasteiger partial charge in [0, 0.05) is 48.2 Å². The summed E-state index contributed by atoms with van der Waals surface area (Å²) in [5, 5.41) is 16.7. The molecule has 2 aliphatic rings. The molecule has 1 saturated heterocycles. The van der Waals surface area contributed by atoms with Crippen LogP contribution in [0.4, 0.5) is 5.69 Å². The number of nitrogens with zero attached hydrogens (tertiary/aromatic N) is 4. The molecule has 0 saturated carbocycles. The predicted molar refractivity (Wildman–Crippen MR) is 167 cm³/mol. The lowest BCUT2D eigenvalue weighted by Crippen LogP contribution is -2.28. The topological polar surface area (TPSA) is 127 Å². The number of carbonyl (C=O) groups excluding carboxylic acids is 1. The first-order chi connectivity index (χ1) is 21.2. The summed E-state index contributed by atoms with van der Waals surface area (Å²) in [5.41, 5.74) is 6.05. The third kappa shape index (κ3) is 5.24. The van der Waals surface area contributed by atoms with Crippen LogP contribution in [0.1, 0.15) is 45.9 Å². The minimum atomic E-state index is -0.747. The summed E-state index contributed by atoms with van der Waals surface area (Å²) in [7, 11) is 3.10. The van der Waals surface area contributed by atoms with E-state index >= 15 is 0 Å². The van der Waals surface area contributed by atoms with Gasteiger partial charge in [-0.05, 0) is 67.6 Å². The van der Waals surface area contributed by atoms with Crippen molar-refractivity contribution in [2.45, 2.75) is 32.2 Å². The second-order valence-electron chi connectivity index (χ2n) is 11.2. The Bertz CT molecular complexity index is 1860. The average molecular weight is 614 g/mol. The van der Waals surface area contributed by atoms with Crippen molar-refractivity contribution >= 4 is 29.2 Å². The molecule has 1 fully saturated rings. The van der Waals surface area contributed by atoms with Gasteiger partial charge in [-0.3, -0.25) is 19.3 Å². The van der Waals surface area contributed by atoms with E-state index in [1.807, 2.05) is 37.3 Å². The number of rotatable bonds is 7. The second kappa shape index (κ2) is 11.9. The molecule has 1 amide bonds. The SMILES string of the molecule is COc1nc(-c2cccc(-c3cccc(NC(=O)c4ccnn(C)c4=O)c3C)c2Cl)cc2c1[C@@H](N1CC[C@H](C(=O)O)C1)CC2. The highest BCUT2D eigenvalue weighted by Crippen LogP contribution is 2.45. The van der Waals surface area contributed by atoms with Crippen molar-refractivity contribution < 1.29 is 19.4 Å². The molecule has 3 heterocycles. The van der Waals surface area contributed by atoms with Gasteiger partial charge in [0.15, 0.2) is 0 Å². The Morgan fingerprint density at radius 1 is 1.09 bits per heavy atom. The van der Waals surface area contributed by atoms with Gasteiger partial charge in [-0.2, -0.15) is 5.10 Å². The Hall–Kier alpha value is -4.54. The molecule has 44 heavy (non-hydrogen) atoms. The third-order valence-corrected chi connectivity index (χ3v) is 9.14. The van der Waals surface area contributed by atoms with Crippen LogP contribution in [0.5, 0.6) is 5.88 Å². The summed E-state index contributed by atoms with van der Waals surface area (Å²) in [6, 6.07) is 14.8. The smallest absolute Gasteiger partial charge is 0.307 e. The third-order valence-electron chi connectivity index (χ3n) is 8.73. The Morgan fingerprint density at radius 3 is 2.59 bits per heavy atom. The fourth-order valence-corrected chi connectivity index (χ4v) is 6.71. The lowest BCUT2D eigenvalue weighted by atomic mass is 9.96. The molecule has 226 valence electrons. The summed E-state index contributed by atoms with van der Waals surface area (Å²) >= 11 is 7.08. The predicted octanol–water partition coefficient (Wildman–Crippen LogP) is 5.13. The number of amides is 1. The van der Waals surface area contributed by atoms with Gasteiger partial charge in [0.05, 0.1) is 23.7 Å². The number of ether oxygens (including phenoxy) is 1. The van der Waals surface area contributed by atoms with Crippen LogP contribution < -0.4 is 15.6 Å². The molecule has 0 spiro atoms. The van der Waals surface area contributed by atoms with E-state index in [4.69, 9.17) is 21.3 Å². The molecule has 0 bridgehead atoms. The van der Waals surface area contributed by atoms with Crippen molar-refractivity contribution in [1.82, 2.24) is 19.7 Å². The van der Waals surface area contributed by atoms with Gasteiger partial charge in [0.25, 0.3) is 11.5 Å². The first kappa shape index (κ1) is 29.5. The largest absolute Gasteiger partial charge is 0.481 e.